The average Bonchev–Trinajstić information content (AvgIpc) is 2.38. The highest BCUT2D eigenvalue weighted by atomic mass is 28.2. The Labute approximate surface area is 112 Å². The minimum Gasteiger partial charge on any atom is -0.0654 e. The van der Waals surface area contributed by atoms with Crippen LogP contribution in [0.2, 0.25) is 6.04 Å². The van der Waals surface area contributed by atoms with Crippen molar-refractivity contribution in [3.63, 3.8) is 0 Å². The van der Waals surface area contributed by atoms with Gasteiger partial charge in [0.05, 0.1) is 0 Å². The van der Waals surface area contributed by atoms with E-state index in [9.17, 15) is 0 Å². The lowest BCUT2D eigenvalue weighted by atomic mass is 10.0. The first-order valence-corrected chi connectivity index (χ1v) is 9.79. The lowest BCUT2D eigenvalue weighted by Gasteiger charge is -2.20. The molecule has 100 valence electrons. The molecule has 0 aromatic carbocycles. The van der Waals surface area contributed by atoms with E-state index < -0.39 is 0 Å². The molecule has 0 amide bonds. The maximum atomic E-state index is 2.48. The molecule has 0 saturated heterocycles. The molecule has 0 spiro atoms. The van der Waals surface area contributed by atoms with E-state index in [-0.39, 0.29) is 9.52 Å². The molecule has 0 aliphatic heterocycles. The second-order valence-electron chi connectivity index (χ2n) is 5.69. The van der Waals surface area contributed by atoms with E-state index in [1.807, 2.05) is 5.54 Å². The van der Waals surface area contributed by atoms with Gasteiger partial charge in [-0.2, -0.15) is 0 Å². The molecule has 17 heavy (non-hydrogen) atoms. The molecule has 0 unspecified atom stereocenters. The van der Waals surface area contributed by atoms with Crippen molar-refractivity contribution in [2.24, 2.45) is 0 Å². The quantitative estimate of drug-likeness (QED) is 0.378. The Morgan fingerprint density at radius 2 is 1.47 bits per heavy atom. The van der Waals surface area contributed by atoms with Gasteiger partial charge in [-0.25, -0.2) is 0 Å². The first kappa shape index (κ1) is 15.3. The van der Waals surface area contributed by atoms with Crippen LogP contribution in [0.3, 0.4) is 0 Å². The van der Waals surface area contributed by atoms with Gasteiger partial charge in [0.15, 0.2) is 0 Å². The van der Waals surface area contributed by atoms with Crippen molar-refractivity contribution >= 4 is 9.52 Å². The molecule has 1 saturated carbocycles. The maximum Gasteiger partial charge on any atom is 0.0274 e. The molecule has 2 radical (unpaired) electrons. The van der Waals surface area contributed by atoms with E-state index in [1.54, 1.807) is 6.04 Å². The van der Waals surface area contributed by atoms with E-state index in [2.05, 4.69) is 13.3 Å². The van der Waals surface area contributed by atoms with Gasteiger partial charge in [0, 0.05) is 9.52 Å². The number of unbranched alkanes of at least 4 members (excludes halogenated alkanes) is 7. The van der Waals surface area contributed by atoms with E-state index in [1.165, 1.54) is 77.0 Å². The van der Waals surface area contributed by atoms with E-state index >= 15 is 0 Å². The minimum absolute atomic E-state index is 0.215. The summed E-state index contributed by atoms with van der Waals surface area (Å²) >= 11 is 0. The van der Waals surface area contributed by atoms with Crippen LogP contribution in [-0.4, -0.2) is 9.52 Å². The summed E-state index contributed by atoms with van der Waals surface area (Å²) in [6.45, 7) is 2.30. The first-order chi connectivity index (χ1) is 8.43. The zero-order valence-corrected chi connectivity index (χ0v) is 13.4. The van der Waals surface area contributed by atoms with Crippen LogP contribution in [0.25, 0.3) is 0 Å². The molecule has 1 aliphatic rings. The molecule has 0 heterocycles. The summed E-state index contributed by atoms with van der Waals surface area (Å²) < 4.78 is 0. The second-order valence-corrected chi connectivity index (χ2v) is 7.90. The molecule has 0 atom stereocenters. The summed E-state index contributed by atoms with van der Waals surface area (Å²) in [5, 5.41) is 0. The largest absolute Gasteiger partial charge is 0.0654 e. The molecular formula is C16H32Si. The van der Waals surface area contributed by atoms with Crippen molar-refractivity contribution in [3.8, 4) is 0 Å². The summed E-state index contributed by atoms with van der Waals surface area (Å²) in [7, 11) is 0.215. The van der Waals surface area contributed by atoms with Gasteiger partial charge in [-0.3, -0.25) is 0 Å². The molecule has 0 N–H and O–H groups in total. The molecule has 0 aromatic rings. The van der Waals surface area contributed by atoms with Gasteiger partial charge in [-0.1, -0.05) is 77.2 Å². The molecule has 1 aliphatic carbocycles. The van der Waals surface area contributed by atoms with Gasteiger partial charge in [-0.15, -0.1) is 0 Å². The Balaban J connectivity index is 1.75. The van der Waals surface area contributed by atoms with E-state index in [0.717, 1.165) is 0 Å². The monoisotopic (exact) mass is 252 g/mol. The van der Waals surface area contributed by atoms with Gasteiger partial charge in [-0.05, 0) is 24.8 Å². The SMILES string of the molecule is CCCCCCCCCC[SiH2][C]1CC[CH]CC1. The van der Waals surface area contributed by atoms with Crippen LogP contribution >= 0.6 is 0 Å². The molecule has 1 rings (SSSR count). The van der Waals surface area contributed by atoms with Crippen molar-refractivity contribution in [2.45, 2.75) is 90.0 Å². The van der Waals surface area contributed by atoms with Crippen molar-refractivity contribution in [3.05, 3.63) is 12.0 Å². The van der Waals surface area contributed by atoms with Gasteiger partial charge in [0.1, 0.15) is 0 Å². The van der Waals surface area contributed by atoms with Crippen LogP contribution < -0.4 is 0 Å². The summed E-state index contributed by atoms with van der Waals surface area (Å²) in [6, 6.07) is 1.60. The standard InChI is InChI=1S/C16H32Si/c1-2-3-4-5-6-7-8-12-15-17-16-13-10-9-11-14-16/h9H,2-8,10-15,17H2,1H3. The first-order valence-electron chi connectivity index (χ1n) is 8.08. The zero-order chi connectivity index (χ0) is 12.2. The highest BCUT2D eigenvalue weighted by Gasteiger charge is 2.13. The van der Waals surface area contributed by atoms with Crippen molar-refractivity contribution < 1.29 is 0 Å². The van der Waals surface area contributed by atoms with Gasteiger partial charge in [0.2, 0.25) is 0 Å². The summed E-state index contributed by atoms with van der Waals surface area (Å²) in [6.07, 6.45) is 20.0. The molecule has 1 heteroatoms. The average molecular weight is 253 g/mol. The Bertz CT molecular complexity index is 150. The summed E-state index contributed by atoms with van der Waals surface area (Å²) in [5.74, 6) is 0. The van der Waals surface area contributed by atoms with Crippen LogP contribution in [0, 0.1) is 12.0 Å². The number of hydrogen-bond acceptors (Lipinski definition) is 0. The lowest BCUT2D eigenvalue weighted by Crippen LogP contribution is -2.11. The van der Waals surface area contributed by atoms with Crippen LogP contribution in [0.5, 0.6) is 0 Å². The van der Waals surface area contributed by atoms with Crippen molar-refractivity contribution in [2.75, 3.05) is 0 Å². The minimum atomic E-state index is 0.215. The predicted octanol–water partition coefficient (Wildman–Crippen LogP) is 5.02. The van der Waals surface area contributed by atoms with Gasteiger partial charge in [0.25, 0.3) is 0 Å². The third kappa shape index (κ3) is 8.88. The topological polar surface area (TPSA) is 0 Å². The Morgan fingerprint density at radius 3 is 2.12 bits per heavy atom. The molecule has 0 aromatic heterocycles. The van der Waals surface area contributed by atoms with Crippen molar-refractivity contribution in [1.82, 2.24) is 0 Å². The van der Waals surface area contributed by atoms with Crippen molar-refractivity contribution in [1.29, 1.82) is 0 Å². The Kier molecular flexibility index (Phi) is 10.2. The third-order valence-corrected chi connectivity index (χ3v) is 6.31. The van der Waals surface area contributed by atoms with Gasteiger partial charge >= 0.3 is 0 Å². The normalized spacial score (nSPS) is 18.2. The fraction of sp³-hybridized carbons (Fsp3) is 0.875. The zero-order valence-electron chi connectivity index (χ0n) is 12.0. The second kappa shape index (κ2) is 11.3. The summed E-state index contributed by atoms with van der Waals surface area (Å²) in [5.41, 5.74) is 2.00. The smallest absolute Gasteiger partial charge is 0.0274 e. The molecular weight excluding hydrogens is 220 g/mol. The highest BCUT2D eigenvalue weighted by molar-refractivity contribution is 6.43. The lowest BCUT2D eigenvalue weighted by molar-refractivity contribution is 0.584. The van der Waals surface area contributed by atoms with E-state index in [4.69, 9.17) is 0 Å². The highest BCUT2D eigenvalue weighted by Crippen LogP contribution is 2.25. The number of rotatable bonds is 10. The predicted molar refractivity (Wildman–Crippen MR) is 82.0 cm³/mol. The van der Waals surface area contributed by atoms with Crippen LogP contribution in [0.4, 0.5) is 0 Å². The summed E-state index contributed by atoms with van der Waals surface area (Å²) in [4.78, 5) is 0. The Morgan fingerprint density at radius 1 is 0.882 bits per heavy atom. The third-order valence-electron chi connectivity index (χ3n) is 4.04. The van der Waals surface area contributed by atoms with Crippen LogP contribution in [-0.2, 0) is 0 Å². The van der Waals surface area contributed by atoms with Gasteiger partial charge < -0.3 is 0 Å². The number of hydrogen-bond donors (Lipinski definition) is 0. The molecule has 1 fully saturated rings. The van der Waals surface area contributed by atoms with Crippen LogP contribution in [0.15, 0.2) is 0 Å². The Hall–Kier alpha value is 0.217. The van der Waals surface area contributed by atoms with Crippen LogP contribution in [0.1, 0.15) is 84.0 Å². The maximum absolute atomic E-state index is 2.48. The molecule has 0 nitrogen and oxygen atoms in total. The fourth-order valence-electron chi connectivity index (χ4n) is 2.82. The molecule has 0 bridgehead atoms. The fourth-order valence-corrected chi connectivity index (χ4v) is 4.83. The van der Waals surface area contributed by atoms with E-state index in [0.29, 0.717) is 0 Å².